The number of nitrogen functional groups attached to an aromatic ring is 1. The Kier molecular flexibility index (Phi) is 3.99. The Bertz CT molecular complexity index is 569. The first-order valence-corrected chi connectivity index (χ1v) is 6.33. The highest BCUT2D eigenvalue weighted by Gasteiger charge is 2.06. The molecule has 0 fully saturated rings. The van der Waals surface area contributed by atoms with Crippen molar-refractivity contribution in [2.75, 3.05) is 5.73 Å². The van der Waals surface area contributed by atoms with Crippen molar-refractivity contribution in [2.24, 2.45) is 0 Å². The van der Waals surface area contributed by atoms with E-state index in [2.05, 4.69) is 21.2 Å². The van der Waals surface area contributed by atoms with E-state index in [9.17, 15) is 4.79 Å². The number of nitrogens with one attached hydrogen (secondary N) is 1. The van der Waals surface area contributed by atoms with Gasteiger partial charge in [0.25, 0.3) is 5.91 Å². The van der Waals surface area contributed by atoms with Gasteiger partial charge in [0.05, 0.1) is 0 Å². The molecule has 0 atom stereocenters. The zero-order valence-electron chi connectivity index (χ0n) is 9.69. The highest BCUT2D eigenvalue weighted by atomic mass is 79.9. The van der Waals surface area contributed by atoms with Gasteiger partial charge in [0, 0.05) is 22.3 Å². The quantitative estimate of drug-likeness (QED) is 0.857. The first kappa shape index (κ1) is 12.6. The molecule has 3 nitrogen and oxygen atoms in total. The van der Waals surface area contributed by atoms with Crippen molar-refractivity contribution in [1.29, 1.82) is 0 Å². The molecule has 0 spiro atoms. The van der Waals surface area contributed by atoms with Crippen molar-refractivity contribution < 1.29 is 4.79 Å². The van der Waals surface area contributed by atoms with E-state index >= 15 is 0 Å². The van der Waals surface area contributed by atoms with E-state index in [1.54, 1.807) is 12.1 Å². The maximum Gasteiger partial charge on any atom is 0.251 e. The number of carbonyl (C=O) groups is 1. The molecule has 0 unspecified atom stereocenters. The number of rotatable bonds is 3. The van der Waals surface area contributed by atoms with Crippen LogP contribution in [0, 0.1) is 0 Å². The van der Waals surface area contributed by atoms with Crippen LogP contribution in [-0.4, -0.2) is 5.91 Å². The van der Waals surface area contributed by atoms with E-state index in [1.165, 1.54) is 0 Å². The molecule has 0 radical (unpaired) electrons. The van der Waals surface area contributed by atoms with Crippen molar-refractivity contribution in [3.8, 4) is 0 Å². The van der Waals surface area contributed by atoms with E-state index < -0.39 is 0 Å². The number of anilines is 1. The molecule has 2 aromatic carbocycles. The Hall–Kier alpha value is -1.81. The molecular formula is C14H13BrN2O. The minimum atomic E-state index is -0.112. The zero-order valence-corrected chi connectivity index (χ0v) is 11.3. The number of para-hydroxylation sites is 1. The summed E-state index contributed by atoms with van der Waals surface area (Å²) in [5, 5.41) is 2.84. The van der Waals surface area contributed by atoms with Crippen LogP contribution in [0.5, 0.6) is 0 Å². The molecule has 0 heterocycles. The summed E-state index contributed by atoms with van der Waals surface area (Å²) in [6.07, 6.45) is 0. The van der Waals surface area contributed by atoms with Gasteiger partial charge < -0.3 is 11.1 Å². The molecule has 3 N–H and O–H groups in total. The molecule has 0 aromatic heterocycles. The molecule has 0 saturated heterocycles. The summed E-state index contributed by atoms with van der Waals surface area (Å²) >= 11 is 3.34. The van der Waals surface area contributed by atoms with Crippen molar-refractivity contribution in [3.63, 3.8) is 0 Å². The summed E-state index contributed by atoms with van der Waals surface area (Å²) in [6, 6.07) is 14.8. The normalized spacial score (nSPS) is 10.1. The molecule has 92 valence electrons. The standard InChI is InChI=1S/C14H13BrN2O/c15-12-6-3-5-10(8-12)14(18)17-9-11-4-1-2-7-13(11)16/h1-8H,9,16H2,(H,17,18). The molecule has 4 heteroatoms. The van der Waals surface area contributed by atoms with Crippen LogP contribution >= 0.6 is 15.9 Å². The molecule has 0 bridgehead atoms. The van der Waals surface area contributed by atoms with Crippen molar-refractivity contribution >= 4 is 27.5 Å². The second-order valence-electron chi connectivity index (χ2n) is 3.89. The van der Waals surface area contributed by atoms with Gasteiger partial charge in [-0.05, 0) is 29.8 Å². The minimum absolute atomic E-state index is 0.112. The molecule has 1 amide bonds. The smallest absolute Gasteiger partial charge is 0.251 e. The molecule has 0 aliphatic carbocycles. The third kappa shape index (κ3) is 3.11. The first-order chi connectivity index (χ1) is 8.66. The number of nitrogens with two attached hydrogens (primary N) is 1. The molecule has 2 rings (SSSR count). The molecule has 0 aliphatic heterocycles. The van der Waals surface area contributed by atoms with Crippen molar-refractivity contribution in [3.05, 3.63) is 64.1 Å². The lowest BCUT2D eigenvalue weighted by atomic mass is 10.1. The van der Waals surface area contributed by atoms with E-state index in [0.717, 1.165) is 10.0 Å². The minimum Gasteiger partial charge on any atom is -0.398 e. The lowest BCUT2D eigenvalue weighted by Crippen LogP contribution is -2.23. The summed E-state index contributed by atoms with van der Waals surface area (Å²) in [5.74, 6) is -0.112. The van der Waals surface area contributed by atoms with Crippen LogP contribution in [0.1, 0.15) is 15.9 Å². The number of hydrogen-bond donors (Lipinski definition) is 2. The van der Waals surface area contributed by atoms with Gasteiger partial charge in [-0.3, -0.25) is 4.79 Å². The van der Waals surface area contributed by atoms with Crippen LogP contribution in [0.3, 0.4) is 0 Å². The van der Waals surface area contributed by atoms with Crippen LogP contribution in [0.4, 0.5) is 5.69 Å². The van der Waals surface area contributed by atoms with E-state index in [0.29, 0.717) is 17.8 Å². The highest BCUT2D eigenvalue weighted by molar-refractivity contribution is 9.10. The second-order valence-corrected chi connectivity index (χ2v) is 4.81. The molecule has 0 saturated carbocycles. The number of benzene rings is 2. The van der Waals surface area contributed by atoms with Crippen LogP contribution in [0.15, 0.2) is 53.0 Å². The van der Waals surface area contributed by atoms with Gasteiger partial charge in [-0.15, -0.1) is 0 Å². The number of hydrogen-bond acceptors (Lipinski definition) is 2. The summed E-state index contributed by atoms with van der Waals surface area (Å²) in [7, 11) is 0. The first-order valence-electron chi connectivity index (χ1n) is 5.54. The Morgan fingerprint density at radius 1 is 1.17 bits per heavy atom. The fourth-order valence-electron chi connectivity index (χ4n) is 1.60. The van der Waals surface area contributed by atoms with Gasteiger partial charge in [0.1, 0.15) is 0 Å². The van der Waals surface area contributed by atoms with Crippen LogP contribution in [-0.2, 0) is 6.54 Å². The van der Waals surface area contributed by atoms with Gasteiger partial charge in [0.15, 0.2) is 0 Å². The molecule has 0 aliphatic rings. The fraction of sp³-hybridized carbons (Fsp3) is 0.0714. The van der Waals surface area contributed by atoms with Crippen LogP contribution in [0.25, 0.3) is 0 Å². The van der Waals surface area contributed by atoms with Gasteiger partial charge in [-0.25, -0.2) is 0 Å². The van der Waals surface area contributed by atoms with E-state index in [-0.39, 0.29) is 5.91 Å². The lowest BCUT2D eigenvalue weighted by Gasteiger charge is -2.07. The molecular weight excluding hydrogens is 292 g/mol. The lowest BCUT2D eigenvalue weighted by molar-refractivity contribution is 0.0951. The number of halogens is 1. The highest BCUT2D eigenvalue weighted by Crippen LogP contribution is 2.13. The van der Waals surface area contributed by atoms with Crippen molar-refractivity contribution in [1.82, 2.24) is 5.32 Å². The van der Waals surface area contributed by atoms with Crippen LogP contribution in [0.2, 0.25) is 0 Å². The monoisotopic (exact) mass is 304 g/mol. The van der Waals surface area contributed by atoms with E-state index in [4.69, 9.17) is 5.73 Å². The predicted molar refractivity (Wildman–Crippen MR) is 76.2 cm³/mol. The Morgan fingerprint density at radius 2 is 1.94 bits per heavy atom. The summed E-state index contributed by atoms with van der Waals surface area (Å²) < 4.78 is 0.884. The SMILES string of the molecule is Nc1ccccc1CNC(=O)c1cccc(Br)c1. The third-order valence-electron chi connectivity index (χ3n) is 2.58. The van der Waals surface area contributed by atoms with Gasteiger partial charge in [0.2, 0.25) is 0 Å². The summed E-state index contributed by atoms with van der Waals surface area (Å²) in [4.78, 5) is 11.9. The average Bonchev–Trinajstić information content (AvgIpc) is 2.37. The Morgan fingerprint density at radius 3 is 2.67 bits per heavy atom. The fourth-order valence-corrected chi connectivity index (χ4v) is 2.00. The maximum absolute atomic E-state index is 11.9. The van der Waals surface area contributed by atoms with Gasteiger partial charge in [-0.2, -0.15) is 0 Å². The van der Waals surface area contributed by atoms with Crippen molar-refractivity contribution in [2.45, 2.75) is 6.54 Å². The summed E-state index contributed by atoms with van der Waals surface area (Å²) in [5.41, 5.74) is 8.04. The average molecular weight is 305 g/mol. The second kappa shape index (κ2) is 5.69. The number of carbonyl (C=O) groups excluding carboxylic acids is 1. The van der Waals surface area contributed by atoms with Gasteiger partial charge in [-0.1, -0.05) is 40.2 Å². The number of amides is 1. The summed E-state index contributed by atoms with van der Waals surface area (Å²) in [6.45, 7) is 0.429. The van der Waals surface area contributed by atoms with Crippen LogP contribution < -0.4 is 11.1 Å². The zero-order chi connectivity index (χ0) is 13.0. The Labute approximate surface area is 114 Å². The molecule has 18 heavy (non-hydrogen) atoms. The molecule has 2 aromatic rings. The Balaban J connectivity index is 2.03. The third-order valence-corrected chi connectivity index (χ3v) is 3.07. The van der Waals surface area contributed by atoms with E-state index in [1.807, 2.05) is 36.4 Å². The predicted octanol–water partition coefficient (Wildman–Crippen LogP) is 2.96. The largest absolute Gasteiger partial charge is 0.398 e. The topological polar surface area (TPSA) is 55.1 Å². The van der Waals surface area contributed by atoms with Gasteiger partial charge >= 0.3 is 0 Å². The maximum atomic E-state index is 11.9.